The molecule has 1 aliphatic heterocycles. The number of likely N-dealkylation sites (tertiary alicyclic amines) is 1. The van der Waals surface area contributed by atoms with Crippen molar-refractivity contribution in [3.63, 3.8) is 0 Å². The van der Waals surface area contributed by atoms with Crippen molar-refractivity contribution < 1.29 is 9.59 Å². The van der Waals surface area contributed by atoms with Crippen LogP contribution in [0, 0.1) is 0 Å². The number of aryl methyl sites for hydroxylation is 1. The maximum absolute atomic E-state index is 12.7. The first-order valence-corrected chi connectivity index (χ1v) is 9.48. The molecule has 3 heterocycles. The van der Waals surface area contributed by atoms with Crippen LogP contribution in [0.15, 0.2) is 16.9 Å². The van der Waals surface area contributed by atoms with Crippen molar-refractivity contribution in [1.82, 2.24) is 30.2 Å². The highest BCUT2D eigenvalue weighted by Gasteiger charge is 2.28. The number of rotatable bonds is 4. The molecule has 26 heavy (non-hydrogen) atoms. The molecule has 2 amide bonds. The van der Waals surface area contributed by atoms with Gasteiger partial charge in [-0.25, -0.2) is 0 Å². The van der Waals surface area contributed by atoms with Crippen LogP contribution >= 0.6 is 15.9 Å². The van der Waals surface area contributed by atoms with Crippen LogP contribution in [0.2, 0.25) is 0 Å². The Kier molecular flexibility index (Phi) is 5.45. The average Bonchev–Trinajstić information content (AvgIpc) is 3.21. The number of nitrogens with zero attached hydrogens (tertiary/aromatic N) is 4. The fraction of sp³-hybridized carbons (Fsp3) is 0.529. The molecule has 3 rings (SSSR count). The Morgan fingerprint density at radius 2 is 2.04 bits per heavy atom. The lowest BCUT2D eigenvalue weighted by molar-refractivity contribution is 0.0691. The Bertz CT molecular complexity index is 804. The van der Waals surface area contributed by atoms with Crippen LogP contribution < -0.4 is 5.32 Å². The molecule has 0 radical (unpaired) electrons. The highest BCUT2D eigenvalue weighted by atomic mass is 79.9. The number of nitrogens with one attached hydrogen (secondary N) is 2. The van der Waals surface area contributed by atoms with Gasteiger partial charge >= 0.3 is 0 Å². The predicted molar refractivity (Wildman–Crippen MR) is 100.0 cm³/mol. The Morgan fingerprint density at radius 3 is 2.58 bits per heavy atom. The SMILES string of the molecule is CC(C)c1[nH]nc(C(=O)N2CCC(NC(=O)c3cnn(C)c3)CC2)c1Br. The van der Waals surface area contributed by atoms with Crippen molar-refractivity contribution >= 4 is 27.7 Å². The molecule has 0 unspecified atom stereocenters. The van der Waals surface area contributed by atoms with E-state index in [1.165, 1.54) is 0 Å². The van der Waals surface area contributed by atoms with Crippen molar-refractivity contribution in [2.24, 2.45) is 7.05 Å². The summed E-state index contributed by atoms with van der Waals surface area (Å²) in [5.41, 5.74) is 1.89. The first-order valence-electron chi connectivity index (χ1n) is 8.69. The Labute approximate surface area is 160 Å². The van der Waals surface area contributed by atoms with Gasteiger partial charge in [0.25, 0.3) is 11.8 Å². The summed E-state index contributed by atoms with van der Waals surface area (Å²) in [5, 5.41) is 14.1. The van der Waals surface area contributed by atoms with Crippen molar-refractivity contribution in [1.29, 1.82) is 0 Å². The summed E-state index contributed by atoms with van der Waals surface area (Å²) in [6.45, 7) is 5.27. The summed E-state index contributed by atoms with van der Waals surface area (Å²) in [4.78, 5) is 26.7. The molecule has 1 saturated heterocycles. The molecule has 2 aromatic heterocycles. The molecule has 0 saturated carbocycles. The fourth-order valence-corrected chi connectivity index (χ4v) is 3.85. The van der Waals surface area contributed by atoms with E-state index in [1.807, 2.05) is 13.8 Å². The molecule has 0 bridgehead atoms. The molecular formula is C17H23BrN6O2. The summed E-state index contributed by atoms with van der Waals surface area (Å²) in [6, 6.07) is 0.0561. The van der Waals surface area contributed by atoms with Gasteiger partial charge in [-0.15, -0.1) is 0 Å². The number of hydrogen-bond acceptors (Lipinski definition) is 4. The van der Waals surface area contributed by atoms with Gasteiger partial charge in [-0.1, -0.05) is 13.8 Å². The topological polar surface area (TPSA) is 95.9 Å². The zero-order valence-corrected chi connectivity index (χ0v) is 16.7. The zero-order valence-electron chi connectivity index (χ0n) is 15.1. The third kappa shape index (κ3) is 3.82. The zero-order chi connectivity index (χ0) is 18.8. The molecule has 1 fully saturated rings. The van der Waals surface area contributed by atoms with Gasteiger partial charge in [0.2, 0.25) is 0 Å². The molecule has 0 aliphatic carbocycles. The van der Waals surface area contributed by atoms with Crippen molar-refractivity contribution in [2.75, 3.05) is 13.1 Å². The van der Waals surface area contributed by atoms with E-state index in [0.29, 0.717) is 24.3 Å². The van der Waals surface area contributed by atoms with Crippen LogP contribution in [0.5, 0.6) is 0 Å². The Hall–Kier alpha value is -2.16. The van der Waals surface area contributed by atoms with Crippen LogP contribution in [0.25, 0.3) is 0 Å². The Balaban J connectivity index is 1.56. The molecule has 0 atom stereocenters. The number of carbonyl (C=O) groups is 2. The maximum Gasteiger partial charge on any atom is 0.275 e. The van der Waals surface area contributed by atoms with Gasteiger partial charge in [0.1, 0.15) is 0 Å². The molecule has 9 heteroatoms. The van der Waals surface area contributed by atoms with Crippen LogP contribution in [-0.4, -0.2) is 55.8 Å². The third-order valence-electron chi connectivity index (χ3n) is 4.60. The van der Waals surface area contributed by atoms with Gasteiger partial charge in [-0.05, 0) is 34.7 Å². The van der Waals surface area contributed by atoms with Crippen LogP contribution in [0.3, 0.4) is 0 Å². The van der Waals surface area contributed by atoms with Gasteiger partial charge in [-0.3, -0.25) is 19.4 Å². The van der Waals surface area contributed by atoms with E-state index >= 15 is 0 Å². The molecule has 2 N–H and O–H groups in total. The summed E-state index contributed by atoms with van der Waals surface area (Å²) in [6.07, 6.45) is 4.68. The van der Waals surface area contributed by atoms with Crippen LogP contribution in [0.4, 0.5) is 0 Å². The number of carbonyl (C=O) groups excluding carboxylic acids is 2. The molecule has 0 spiro atoms. The third-order valence-corrected chi connectivity index (χ3v) is 5.40. The minimum atomic E-state index is -0.125. The fourth-order valence-electron chi connectivity index (χ4n) is 3.05. The summed E-state index contributed by atoms with van der Waals surface area (Å²) >= 11 is 3.49. The average molecular weight is 423 g/mol. The minimum Gasteiger partial charge on any atom is -0.349 e. The molecule has 140 valence electrons. The van der Waals surface area contributed by atoms with E-state index < -0.39 is 0 Å². The highest BCUT2D eigenvalue weighted by Crippen LogP contribution is 2.27. The van der Waals surface area contributed by atoms with Gasteiger partial charge < -0.3 is 10.2 Å². The van der Waals surface area contributed by atoms with E-state index in [4.69, 9.17) is 0 Å². The van der Waals surface area contributed by atoms with Gasteiger partial charge in [0.15, 0.2) is 5.69 Å². The number of piperidine rings is 1. The van der Waals surface area contributed by atoms with Gasteiger partial charge in [-0.2, -0.15) is 10.2 Å². The number of aromatic amines is 1. The second kappa shape index (κ2) is 7.61. The monoisotopic (exact) mass is 422 g/mol. The quantitative estimate of drug-likeness (QED) is 0.787. The molecule has 8 nitrogen and oxygen atoms in total. The molecule has 1 aliphatic rings. The highest BCUT2D eigenvalue weighted by molar-refractivity contribution is 9.10. The lowest BCUT2D eigenvalue weighted by Gasteiger charge is -2.32. The number of hydrogen-bond donors (Lipinski definition) is 2. The van der Waals surface area contributed by atoms with Gasteiger partial charge in [0.05, 0.1) is 21.9 Å². The van der Waals surface area contributed by atoms with E-state index in [9.17, 15) is 9.59 Å². The second-order valence-electron chi connectivity index (χ2n) is 6.90. The standard InChI is InChI=1S/C17H23BrN6O2/c1-10(2)14-13(18)15(22-21-14)17(26)24-6-4-12(5-7-24)20-16(25)11-8-19-23(3)9-11/h8-10,12H,4-7H2,1-3H3,(H,20,25)(H,21,22). The second-order valence-corrected chi connectivity index (χ2v) is 7.69. The maximum atomic E-state index is 12.7. The number of H-pyrrole nitrogens is 1. The summed E-state index contributed by atoms with van der Waals surface area (Å²) in [7, 11) is 1.78. The largest absolute Gasteiger partial charge is 0.349 e. The van der Waals surface area contributed by atoms with Crippen molar-refractivity contribution in [3.05, 3.63) is 33.8 Å². The van der Waals surface area contributed by atoms with Gasteiger partial charge in [0, 0.05) is 32.4 Å². The summed E-state index contributed by atoms with van der Waals surface area (Å²) < 4.78 is 2.34. The number of aromatic nitrogens is 4. The predicted octanol–water partition coefficient (Wildman–Crippen LogP) is 2.06. The van der Waals surface area contributed by atoms with E-state index in [2.05, 4.69) is 36.5 Å². The minimum absolute atomic E-state index is 0.0561. The van der Waals surface area contributed by atoms with E-state index in [1.54, 1.807) is 29.0 Å². The first-order chi connectivity index (χ1) is 12.4. The van der Waals surface area contributed by atoms with Crippen molar-refractivity contribution in [3.8, 4) is 0 Å². The normalized spacial score (nSPS) is 15.5. The smallest absolute Gasteiger partial charge is 0.275 e. The Morgan fingerprint density at radius 1 is 1.35 bits per heavy atom. The molecule has 2 aromatic rings. The summed E-state index contributed by atoms with van der Waals surface area (Å²) in [5.74, 6) is 0.0448. The lowest BCUT2D eigenvalue weighted by atomic mass is 10.0. The molecular weight excluding hydrogens is 400 g/mol. The number of halogens is 1. The van der Waals surface area contributed by atoms with E-state index in [-0.39, 0.29) is 23.8 Å². The van der Waals surface area contributed by atoms with Crippen LogP contribution in [-0.2, 0) is 7.05 Å². The van der Waals surface area contributed by atoms with Crippen molar-refractivity contribution in [2.45, 2.75) is 38.6 Å². The number of amides is 2. The van der Waals surface area contributed by atoms with Crippen LogP contribution in [0.1, 0.15) is 59.1 Å². The van der Waals surface area contributed by atoms with E-state index in [0.717, 1.165) is 23.0 Å². The first kappa shape index (κ1) is 18.6. The molecule has 0 aromatic carbocycles. The lowest BCUT2D eigenvalue weighted by Crippen LogP contribution is -2.46.